The maximum Gasteiger partial charge on any atom is 0.336 e. The smallest absolute Gasteiger partial charge is 0.258 e. The molecule has 132 valence electrons. The zero-order chi connectivity index (χ0) is 17.9. The van der Waals surface area contributed by atoms with Crippen molar-refractivity contribution in [2.24, 2.45) is 0 Å². The average molecular weight is 362 g/mol. The van der Waals surface area contributed by atoms with Crippen molar-refractivity contribution in [1.29, 1.82) is 0 Å². The topological polar surface area (TPSA) is 98.5 Å². The predicted molar refractivity (Wildman–Crippen MR) is 92.1 cm³/mol. The van der Waals surface area contributed by atoms with Crippen LogP contribution in [0.15, 0.2) is 54.6 Å². The van der Waals surface area contributed by atoms with Gasteiger partial charge in [0, 0.05) is 12.1 Å². The molecule has 0 amide bonds. The molecule has 0 aromatic heterocycles. The normalized spacial score (nSPS) is 22.4. The molecule has 7 nitrogen and oxygen atoms in total. The van der Waals surface area contributed by atoms with Gasteiger partial charge in [0.15, 0.2) is 0 Å². The molecule has 8 heteroatoms. The fraction of sp³-hybridized carbons (Fsp3) is 0.294. The highest BCUT2D eigenvalue weighted by molar-refractivity contribution is 7.84. The molecule has 3 rings (SSSR count). The van der Waals surface area contributed by atoms with Gasteiger partial charge in [-0.2, -0.15) is 13.1 Å². The van der Waals surface area contributed by atoms with E-state index < -0.39 is 21.3 Å². The Morgan fingerprint density at radius 3 is 2.44 bits per heavy atom. The lowest BCUT2D eigenvalue weighted by Gasteiger charge is -2.30. The molecule has 1 fully saturated rings. The Labute approximate surface area is 146 Å². The number of nitro benzene ring substituents is 1. The third-order valence-electron chi connectivity index (χ3n) is 4.15. The summed E-state index contributed by atoms with van der Waals surface area (Å²) in [6.45, 7) is 0. The summed E-state index contributed by atoms with van der Waals surface area (Å²) >= 11 is 0. The zero-order valence-corrected chi connectivity index (χ0v) is 14.2. The highest BCUT2D eigenvalue weighted by Gasteiger charge is 2.32. The minimum atomic E-state index is -3.79. The van der Waals surface area contributed by atoms with Crippen LogP contribution in [0.25, 0.3) is 0 Å². The van der Waals surface area contributed by atoms with Gasteiger partial charge in [0.1, 0.15) is 0 Å². The third kappa shape index (κ3) is 4.62. The number of nitrogens with zero attached hydrogens (tertiary/aromatic N) is 1. The van der Waals surface area contributed by atoms with Crippen molar-refractivity contribution < 1.29 is 17.5 Å². The molecule has 1 aliphatic heterocycles. The first-order valence-electron chi connectivity index (χ1n) is 7.92. The van der Waals surface area contributed by atoms with E-state index in [1.807, 2.05) is 30.3 Å². The Bertz CT molecular complexity index is 837. The van der Waals surface area contributed by atoms with E-state index in [1.54, 1.807) is 12.1 Å². The van der Waals surface area contributed by atoms with Crippen molar-refractivity contribution in [3.8, 4) is 0 Å². The molecule has 2 aromatic carbocycles. The van der Waals surface area contributed by atoms with Crippen LogP contribution in [0.5, 0.6) is 0 Å². The molecule has 1 heterocycles. The molecular formula is C17H18N2O5S. The first-order chi connectivity index (χ1) is 11.9. The lowest BCUT2D eigenvalue weighted by molar-refractivity contribution is -0.384. The predicted octanol–water partition coefficient (Wildman–Crippen LogP) is 2.89. The van der Waals surface area contributed by atoms with Gasteiger partial charge in [-0.25, -0.2) is 0 Å². The minimum absolute atomic E-state index is 0.0357. The van der Waals surface area contributed by atoms with Crippen LogP contribution in [-0.2, 0) is 20.9 Å². The van der Waals surface area contributed by atoms with E-state index in [0.29, 0.717) is 19.3 Å². The van der Waals surface area contributed by atoms with Crippen LogP contribution in [0.3, 0.4) is 0 Å². The Balaban J connectivity index is 1.66. The van der Waals surface area contributed by atoms with E-state index in [1.165, 1.54) is 12.1 Å². The molecule has 1 aliphatic rings. The van der Waals surface area contributed by atoms with Crippen molar-refractivity contribution in [3.63, 3.8) is 0 Å². The standard InChI is InChI=1S/C17H18N2O5S/c20-19(21)15-9-6-13(7-10-15)8-11-16-12-17(18-25(22,23)24-16)14-4-2-1-3-5-14/h1-7,9-10,16-18H,8,11-12H2. The number of rotatable bonds is 5. The van der Waals surface area contributed by atoms with Gasteiger partial charge in [-0.15, -0.1) is 0 Å². The number of aryl methyl sites for hydroxylation is 1. The van der Waals surface area contributed by atoms with Crippen molar-refractivity contribution in [3.05, 3.63) is 75.8 Å². The quantitative estimate of drug-likeness (QED) is 0.651. The molecule has 2 atom stereocenters. The first kappa shape index (κ1) is 17.5. The Morgan fingerprint density at radius 1 is 1.12 bits per heavy atom. The average Bonchev–Trinajstić information content (AvgIpc) is 2.60. The molecule has 2 unspecified atom stereocenters. The van der Waals surface area contributed by atoms with Crippen molar-refractivity contribution in [1.82, 2.24) is 4.72 Å². The maximum atomic E-state index is 12.0. The maximum absolute atomic E-state index is 12.0. The number of nitrogens with one attached hydrogen (secondary N) is 1. The lowest BCUT2D eigenvalue weighted by Crippen LogP contribution is -2.41. The van der Waals surface area contributed by atoms with E-state index in [9.17, 15) is 18.5 Å². The van der Waals surface area contributed by atoms with Crippen molar-refractivity contribution >= 4 is 16.0 Å². The van der Waals surface area contributed by atoms with Gasteiger partial charge >= 0.3 is 10.3 Å². The summed E-state index contributed by atoms with van der Waals surface area (Å²) in [4.78, 5) is 10.2. The summed E-state index contributed by atoms with van der Waals surface area (Å²) < 4.78 is 31.6. The molecular weight excluding hydrogens is 344 g/mol. The molecule has 25 heavy (non-hydrogen) atoms. The molecule has 0 radical (unpaired) electrons. The molecule has 0 bridgehead atoms. The second kappa shape index (κ2) is 7.30. The van der Waals surface area contributed by atoms with Gasteiger partial charge in [0.25, 0.3) is 5.69 Å². The number of non-ortho nitro benzene ring substituents is 1. The number of hydrogen-bond acceptors (Lipinski definition) is 5. The summed E-state index contributed by atoms with van der Waals surface area (Å²) in [6, 6.07) is 15.3. The van der Waals surface area contributed by atoms with Gasteiger partial charge in [-0.05, 0) is 30.4 Å². The Morgan fingerprint density at radius 2 is 1.80 bits per heavy atom. The van der Waals surface area contributed by atoms with E-state index in [4.69, 9.17) is 4.18 Å². The summed E-state index contributed by atoms with van der Waals surface area (Å²) in [6.07, 6.45) is 1.20. The fourth-order valence-corrected chi connectivity index (χ4v) is 4.07. The van der Waals surface area contributed by atoms with E-state index in [-0.39, 0.29) is 11.7 Å². The van der Waals surface area contributed by atoms with Crippen LogP contribution >= 0.6 is 0 Å². The lowest BCUT2D eigenvalue weighted by atomic mass is 9.97. The monoisotopic (exact) mass is 362 g/mol. The van der Waals surface area contributed by atoms with Gasteiger partial charge < -0.3 is 0 Å². The Hall–Kier alpha value is -2.29. The van der Waals surface area contributed by atoms with Gasteiger partial charge in [0.2, 0.25) is 0 Å². The van der Waals surface area contributed by atoms with Crippen LogP contribution in [-0.4, -0.2) is 19.4 Å². The molecule has 0 aliphatic carbocycles. The van der Waals surface area contributed by atoms with Gasteiger partial charge in [-0.1, -0.05) is 42.5 Å². The number of hydrogen-bond donors (Lipinski definition) is 1. The van der Waals surface area contributed by atoms with Crippen LogP contribution < -0.4 is 4.72 Å². The van der Waals surface area contributed by atoms with Crippen LogP contribution in [0.1, 0.15) is 30.0 Å². The summed E-state index contributed by atoms with van der Waals surface area (Å²) in [5.74, 6) is 0. The molecule has 2 aromatic rings. The van der Waals surface area contributed by atoms with Gasteiger partial charge in [0.05, 0.1) is 17.1 Å². The highest BCUT2D eigenvalue weighted by Crippen LogP contribution is 2.28. The second-order valence-corrected chi connectivity index (χ2v) is 7.29. The number of nitro groups is 1. The third-order valence-corrected chi connectivity index (χ3v) is 5.25. The molecule has 1 saturated heterocycles. The summed E-state index contributed by atoms with van der Waals surface area (Å²) in [5, 5.41) is 10.7. The fourth-order valence-electron chi connectivity index (χ4n) is 2.90. The summed E-state index contributed by atoms with van der Waals surface area (Å²) in [5.41, 5.74) is 1.84. The molecule has 0 saturated carbocycles. The molecule has 1 N–H and O–H groups in total. The van der Waals surface area contributed by atoms with Crippen LogP contribution in [0.4, 0.5) is 5.69 Å². The zero-order valence-electron chi connectivity index (χ0n) is 13.4. The highest BCUT2D eigenvalue weighted by atomic mass is 32.2. The number of benzene rings is 2. The summed E-state index contributed by atoms with van der Waals surface area (Å²) in [7, 11) is -3.79. The van der Waals surface area contributed by atoms with Gasteiger partial charge in [-0.3, -0.25) is 14.3 Å². The minimum Gasteiger partial charge on any atom is -0.258 e. The van der Waals surface area contributed by atoms with Crippen LogP contribution in [0, 0.1) is 10.1 Å². The molecule has 0 spiro atoms. The van der Waals surface area contributed by atoms with E-state index >= 15 is 0 Å². The first-order valence-corrected chi connectivity index (χ1v) is 9.32. The second-order valence-electron chi connectivity index (χ2n) is 5.95. The SMILES string of the molecule is O=[N+]([O-])c1ccc(CCC2CC(c3ccccc3)NS(=O)(=O)O2)cc1. The van der Waals surface area contributed by atoms with Crippen molar-refractivity contribution in [2.45, 2.75) is 31.4 Å². The Kier molecular flexibility index (Phi) is 5.12. The van der Waals surface area contributed by atoms with Crippen molar-refractivity contribution in [2.75, 3.05) is 0 Å². The van der Waals surface area contributed by atoms with E-state index in [2.05, 4.69) is 4.72 Å². The van der Waals surface area contributed by atoms with Crippen LogP contribution in [0.2, 0.25) is 0 Å². The van der Waals surface area contributed by atoms with E-state index in [0.717, 1.165) is 11.1 Å². The largest absolute Gasteiger partial charge is 0.336 e.